The van der Waals surface area contributed by atoms with Crippen LogP contribution >= 0.6 is 11.6 Å². The second kappa shape index (κ2) is 9.12. The first kappa shape index (κ1) is 21.4. The van der Waals surface area contributed by atoms with Gasteiger partial charge in [0.2, 0.25) is 11.2 Å². The molecular formula is C26H19ClO5. The molecular weight excluding hydrogens is 428 g/mol. The molecule has 0 unspecified atom stereocenters. The van der Waals surface area contributed by atoms with Crippen LogP contribution in [0.15, 0.2) is 82.0 Å². The zero-order valence-corrected chi connectivity index (χ0v) is 18.2. The van der Waals surface area contributed by atoms with E-state index in [-0.39, 0.29) is 11.5 Å². The lowest BCUT2D eigenvalue weighted by molar-refractivity contribution is -0.129. The summed E-state index contributed by atoms with van der Waals surface area (Å²) in [5, 5.41) is 0.830. The van der Waals surface area contributed by atoms with Crippen molar-refractivity contribution >= 4 is 34.6 Å². The Morgan fingerprint density at radius 1 is 1.03 bits per heavy atom. The minimum atomic E-state index is -0.723. The number of benzene rings is 3. The van der Waals surface area contributed by atoms with E-state index < -0.39 is 11.4 Å². The van der Waals surface area contributed by atoms with Crippen molar-refractivity contribution in [3.05, 3.63) is 99.2 Å². The van der Waals surface area contributed by atoms with Crippen molar-refractivity contribution in [1.82, 2.24) is 0 Å². The monoisotopic (exact) mass is 446 g/mol. The summed E-state index contributed by atoms with van der Waals surface area (Å²) >= 11 is 6.12. The van der Waals surface area contributed by atoms with E-state index in [2.05, 4.69) is 0 Å². The largest absolute Gasteiger partial charge is 0.497 e. The van der Waals surface area contributed by atoms with Gasteiger partial charge in [-0.05, 0) is 61.0 Å². The third kappa shape index (κ3) is 4.43. The Labute approximate surface area is 189 Å². The van der Waals surface area contributed by atoms with Gasteiger partial charge in [-0.1, -0.05) is 41.4 Å². The molecule has 160 valence electrons. The van der Waals surface area contributed by atoms with Crippen LogP contribution in [0, 0.1) is 6.92 Å². The number of ether oxygens (including phenoxy) is 2. The molecule has 1 aromatic heterocycles. The summed E-state index contributed by atoms with van der Waals surface area (Å²) in [7, 11) is 1.56. The molecule has 0 aliphatic carbocycles. The van der Waals surface area contributed by atoms with E-state index >= 15 is 0 Å². The topological polar surface area (TPSA) is 65.7 Å². The lowest BCUT2D eigenvalue weighted by atomic mass is 10.1. The molecule has 5 nitrogen and oxygen atoms in total. The number of aryl methyl sites for hydroxylation is 1. The van der Waals surface area contributed by atoms with Crippen molar-refractivity contribution in [2.24, 2.45) is 0 Å². The van der Waals surface area contributed by atoms with Crippen molar-refractivity contribution in [1.29, 1.82) is 0 Å². The van der Waals surface area contributed by atoms with Gasteiger partial charge in [0.1, 0.15) is 11.3 Å². The highest BCUT2D eigenvalue weighted by atomic mass is 35.5. The Morgan fingerprint density at radius 2 is 1.78 bits per heavy atom. The number of esters is 1. The second-order valence-corrected chi connectivity index (χ2v) is 7.50. The molecule has 0 saturated heterocycles. The van der Waals surface area contributed by atoms with E-state index in [1.165, 1.54) is 12.2 Å². The lowest BCUT2D eigenvalue weighted by Gasteiger charge is -2.10. The van der Waals surface area contributed by atoms with Gasteiger partial charge in [0.05, 0.1) is 12.5 Å². The van der Waals surface area contributed by atoms with Gasteiger partial charge in [0, 0.05) is 16.7 Å². The lowest BCUT2D eigenvalue weighted by Crippen LogP contribution is -2.14. The number of carbonyl (C=O) groups excluding carboxylic acids is 1. The van der Waals surface area contributed by atoms with Crippen LogP contribution in [-0.2, 0) is 4.79 Å². The summed E-state index contributed by atoms with van der Waals surface area (Å²) in [6, 6.07) is 19.3. The van der Waals surface area contributed by atoms with E-state index in [0.717, 1.165) is 5.56 Å². The molecule has 0 N–H and O–H groups in total. The van der Waals surface area contributed by atoms with Crippen molar-refractivity contribution in [3.63, 3.8) is 0 Å². The number of halogens is 1. The van der Waals surface area contributed by atoms with E-state index in [4.69, 9.17) is 25.5 Å². The van der Waals surface area contributed by atoms with Crippen LogP contribution in [0.5, 0.6) is 11.5 Å². The maximum absolute atomic E-state index is 13.3. The minimum Gasteiger partial charge on any atom is -0.497 e. The van der Waals surface area contributed by atoms with Gasteiger partial charge in [0.15, 0.2) is 5.76 Å². The summed E-state index contributed by atoms with van der Waals surface area (Å²) in [6.07, 6.45) is 2.75. The zero-order chi connectivity index (χ0) is 22.7. The molecule has 4 aromatic rings. The number of carbonyl (C=O) groups is 1. The Morgan fingerprint density at radius 3 is 2.50 bits per heavy atom. The number of rotatable bonds is 5. The summed E-state index contributed by atoms with van der Waals surface area (Å²) in [4.78, 5) is 25.8. The Kier molecular flexibility index (Phi) is 6.10. The highest BCUT2D eigenvalue weighted by Crippen LogP contribution is 2.32. The molecule has 0 aliphatic heterocycles. The van der Waals surface area contributed by atoms with Gasteiger partial charge in [-0.3, -0.25) is 4.79 Å². The van der Waals surface area contributed by atoms with E-state index in [9.17, 15) is 9.59 Å². The first-order chi connectivity index (χ1) is 15.5. The summed E-state index contributed by atoms with van der Waals surface area (Å²) in [5.74, 6) is -0.0942. The molecule has 0 fully saturated rings. The third-order valence-electron chi connectivity index (χ3n) is 4.86. The fourth-order valence-corrected chi connectivity index (χ4v) is 3.42. The number of fused-ring (bicyclic) bond motifs is 1. The average Bonchev–Trinajstić information content (AvgIpc) is 2.80. The average molecular weight is 447 g/mol. The molecule has 32 heavy (non-hydrogen) atoms. The van der Waals surface area contributed by atoms with E-state index in [1.54, 1.807) is 67.8 Å². The van der Waals surface area contributed by atoms with E-state index in [0.29, 0.717) is 32.9 Å². The molecule has 0 saturated carbocycles. The maximum atomic E-state index is 13.3. The van der Waals surface area contributed by atoms with Crippen molar-refractivity contribution < 1.29 is 18.7 Å². The summed E-state index contributed by atoms with van der Waals surface area (Å²) < 4.78 is 16.7. The van der Waals surface area contributed by atoms with Crippen molar-refractivity contribution in [2.45, 2.75) is 6.92 Å². The van der Waals surface area contributed by atoms with Gasteiger partial charge >= 0.3 is 5.97 Å². The number of methoxy groups -OCH3 is 1. The van der Waals surface area contributed by atoms with Crippen LogP contribution in [0.25, 0.3) is 28.4 Å². The Balaban J connectivity index is 1.78. The van der Waals surface area contributed by atoms with Gasteiger partial charge in [-0.2, -0.15) is 0 Å². The van der Waals surface area contributed by atoms with Crippen LogP contribution in [0.4, 0.5) is 0 Å². The van der Waals surface area contributed by atoms with Gasteiger partial charge in [-0.15, -0.1) is 0 Å². The predicted molar refractivity (Wildman–Crippen MR) is 125 cm³/mol. The van der Waals surface area contributed by atoms with E-state index in [1.807, 2.05) is 13.0 Å². The Bertz CT molecular complexity index is 1380. The quantitative estimate of drug-likeness (QED) is 0.276. The van der Waals surface area contributed by atoms with Gasteiger partial charge in [-0.25, -0.2) is 4.79 Å². The minimum absolute atomic E-state index is 0.161. The van der Waals surface area contributed by atoms with Crippen LogP contribution in [-0.4, -0.2) is 13.1 Å². The van der Waals surface area contributed by atoms with Crippen LogP contribution in [0.2, 0.25) is 5.02 Å². The zero-order valence-electron chi connectivity index (χ0n) is 17.4. The molecule has 0 amide bonds. The molecule has 0 radical (unpaired) electrons. The fraction of sp³-hybridized carbons (Fsp3) is 0.0769. The predicted octanol–water partition coefficient (Wildman–Crippen LogP) is 6.05. The molecule has 3 aromatic carbocycles. The SMILES string of the molecule is COc1ccc(-c2oc3ccc(C)cc3c(=O)c2OC(=O)C=Cc2ccccc2Cl)cc1. The first-order valence-electron chi connectivity index (χ1n) is 9.82. The molecule has 6 heteroatoms. The fourth-order valence-electron chi connectivity index (χ4n) is 3.22. The molecule has 4 rings (SSSR count). The first-order valence-corrected chi connectivity index (χ1v) is 10.2. The smallest absolute Gasteiger partial charge is 0.336 e. The normalized spacial score (nSPS) is 11.1. The van der Waals surface area contributed by atoms with Crippen LogP contribution in [0.3, 0.4) is 0 Å². The van der Waals surface area contributed by atoms with Crippen molar-refractivity contribution in [3.8, 4) is 22.8 Å². The number of hydrogen-bond donors (Lipinski definition) is 0. The van der Waals surface area contributed by atoms with Crippen LogP contribution < -0.4 is 14.9 Å². The third-order valence-corrected chi connectivity index (χ3v) is 5.21. The molecule has 0 bridgehead atoms. The van der Waals surface area contributed by atoms with Gasteiger partial charge < -0.3 is 13.9 Å². The Hall–Kier alpha value is -3.83. The standard InChI is InChI=1S/C26H19ClO5/c1-16-7-13-22-20(15-16)24(29)26(25(31-22)18-8-11-19(30-2)12-9-18)32-23(28)14-10-17-5-3-4-6-21(17)27/h3-15H,1-2H3. The molecule has 0 spiro atoms. The highest BCUT2D eigenvalue weighted by molar-refractivity contribution is 6.32. The molecule has 1 heterocycles. The van der Waals surface area contributed by atoms with Crippen molar-refractivity contribution in [2.75, 3.05) is 7.11 Å². The van der Waals surface area contributed by atoms with Crippen LogP contribution in [0.1, 0.15) is 11.1 Å². The molecule has 0 aliphatic rings. The second-order valence-electron chi connectivity index (χ2n) is 7.09. The highest BCUT2D eigenvalue weighted by Gasteiger charge is 2.20. The molecule has 0 atom stereocenters. The van der Waals surface area contributed by atoms with Gasteiger partial charge in [0.25, 0.3) is 0 Å². The maximum Gasteiger partial charge on any atom is 0.336 e. The summed E-state index contributed by atoms with van der Waals surface area (Å²) in [6.45, 7) is 1.87. The number of hydrogen-bond acceptors (Lipinski definition) is 5. The summed E-state index contributed by atoms with van der Waals surface area (Å²) in [5.41, 5.74) is 2.09.